The summed E-state index contributed by atoms with van der Waals surface area (Å²) in [5, 5.41) is 18.5. The van der Waals surface area contributed by atoms with Gasteiger partial charge in [-0.3, -0.25) is 19.8 Å². The van der Waals surface area contributed by atoms with E-state index in [2.05, 4.69) is 15.5 Å². The lowest BCUT2D eigenvalue weighted by atomic mass is 10.1. The maximum Gasteiger partial charge on any atom is 0.322 e. The van der Waals surface area contributed by atoms with Crippen LogP contribution in [0.5, 0.6) is 0 Å². The Morgan fingerprint density at radius 1 is 1.56 bits per heavy atom. The number of rotatable bonds is 4. The smallest absolute Gasteiger partial charge is 0.322 e. The van der Waals surface area contributed by atoms with Crippen molar-refractivity contribution >= 4 is 17.9 Å². The fourth-order valence-electron chi connectivity index (χ4n) is 1.89. The molecular weight excluding hydrogens is 240 g/mol. The molecule has 18 heavy (non-hydrogen) atoms. The standard InChI is InChI=1S/C10H14N4O4/c1-6-12-13-10(18-6)11-8(15)5-14-3-2-7(4-14)9(16)17/h7H,2-5H2,1H3,(H,16,17)(H,11,13,15). The highest BCUT2D eigenvalue weighted by Gasteiger charge is 2.29. The number of carboxylic acids is 1. The summed E-state index contributed by atoms with van der Waals surface area (Å²) in [6.07, 6.45) is 0.572. The predicted molar refractivity (Wildman–Crippen MR) is 59.8 cm³/mol. The minimum Gasteiger partial charge on any atom is -0.481 e. The largest absolute Gasteiger partial charge is 0.481 e. The fourth-order valence-corrected chi connectivity index (χ4v) is 1.89. The van der Waals surface area contributed by atoms with Crippen molar-refractivity contribution in [3.05, 3.63) is 5.89 Å². The van der Waals surface area contributed by atoms with Crippen LogP contribution in [0.4, 0.5) is 6.01 Å². The van der Waals surface area contributed by atoms with Crippen molar-refractivity contribution in [2.24, 2.45) is 5.92 Å². The molecular formula is C10H14N4O4. The van der Waals surface area contributed by atoms with E-state index >= 15 is 0 Å². The van der Waals surface area contributed by atoms with E-state index in [1.54, 1.807) is 11.8 Å². The van der Waals surface area contributed by atoms with Gasteiger partial charge in [0, 0.05) is 13.5 Å². The van der Waals surface area contributed by atoms with Crippen LogP contribution < -0.4 is 5.32 Å². The lowest BCUT2D eigenvalue weighted by Gasteiger charge is -2.13. The number of likely N-dealkylation sites (tertiary alicyclic amines) is 1. The first kappa shape index (κ1) is 12.5. The van der Waals surface area contributed by atoms with E-state index in [0.29, 0.717) is 25.4 Å². The summed E-state index contributed by atoms with van der Waals surface area (Å²) in [6.45, 7) is 2.75. The number of carbonyl (C=O) groups excluding carboxylic acids is 1. The van der Waals surface area contributed by atoms with Crippen molar-refractivity contribution in [1.29, 1.82) is 0 Å². The number of hydrogen-bond acceptors (Lipinski definition) is 6. The number of carboxylic acid groups (broad SMARTS) is 1. The van der Waals surface area contributed by atoms with Crippen LogP contribution in [0.1, 0.15) is 12.3 Å². The molecule has 0 aliphatic carbocycles. The van der Waals surface area contributed by atoms with Crippen molar-refractivity contribution in [2.75, 3.05) is 25.0 Å². The van der Waals surface area contributed by atoms with Crippen LogP contribution in [0.25, 0.3) is 0 Å². The third-order valence-electron chi connectivity index (χ3n) is 2.76. The van der Waals surface area contributed by atoms with E-state index < -0.39 is 5.97 Å². The van der Waals surface area contributed by atoms with Crippen LogP contribution >= 0.6 is 0 Å². The van der Waals surface area contributed by atoms with Crippen molar-refractivity contribution in [3.63, 3.8) is 0 Å². The zero-order valence-electron chi connectivity index (χ0n) is 9.92. The summed E-state index contributed by atoms with van der Waals surface area (Å²) in [5.74, 6) is -1.11. The van der Waals surface area contributed by atoms with E-state index in [-0.39, 0.29) is 24.4 Å². The number of nitrogens with one attached hydrogen (secondary N) is 1. The van der Waals surface area contributed by atoms with Gasteiger partial charge < -0.3 is 9.52 Å². The van der Waals surface area contributed by atoms with Gasteiger partial charge in [-0.1, -0.05) is 5.10 Å². The topological polar surface area (TPSA) is 109 Å². The highest BCUT2D eigenvalue weighted by molar-refractivity contribution is 5.90. The Morgan fingerprint density at radius 3 is 2.89 bits per heavy atom. The zero-order chi connectivity index (χ0) is 13.1. The molecule has 2 N–H and O–H groups in total. The number of nitrogens with zero attached hydrogens (tertiary/aromatic N) is 3. The molecule has 1 aromatic heterocycles. The molecule has 1 saturated heterocycles. The van der Waals surface area contributed by atoms with E-state index in [0.717, 1.165) is 0 Å². The van der Waals surface area contributed by atoms with Gasteiger partial charge >= 0.3 is 12.0 Å². The van der Waals surface area contributed by atoms with Crippen molar-refractivity contribution < 1.29 is 19.1 Å². The predicted octanol–water partition coefficient (Wildman–Crippen LogP) is -0.277. The van der Waals surface area contributed by atoms with Crippen LogP contribution in [0.2, 0.25) is 0 Å². The fraction of sp³-hybridized carbons (Fsp3) is 0.600. The highest BCUT2D eigenvalue weighted by Crippen LogP contribution is 2.15. The van der Waals surface area contributed by atoms with Crippen LogP contribution in [-0.2, 0) is 9.59 Å². The molecule has 1 unspecified atom stereocenters. The third-order valence-corrected chi connectivity index (χ3v) is 2.76. The maximum absolute atomic E-state index is 11.6. The van der Waals surface area contributed by atoms with Gasteiger partial charge in [-0.2, -0.15) is 0 Å². The Morgan fingerprint density at radius 2 is 2.33 bits per heavy atom. The summed E-state index contributed by atoms with van der Waals surface area (Å²) < 4.78 is 5.01. The Bertz CT molecular complexity index is 458. The normalized spacial score (nSPS) is 19.9. The number of aryl methyl sites for hydroxylation is 1. The monoisotopic (exact) mass is 254 g/mol. The van der Waals surface area contributed by atoms with Gasteiger partial charge in [0.25, 0.3) is 0 Å². The number of aliphatic carboxylic acids is 1. The quantitative estimate of drug-likeness (QED) is 0.760. The second-order valence-corrected chi connectivity index (χ2v) is 4.23. The Balaban J connectivity index is 1.80. The molecule has 0 aromatic carbocycles. The Hall–Kier alpha value is -1.96. The van der Waals surface area contributed by atoms with Gasteiger partial charge in [0.15, 0.2) is 0 Å². The summed E-state index contributed by atoms with van der Waals surface area (Å²) in [6, 6.07) is 0.0616. The third kappa shape index (κ3) is 3.04. The van der Waals surface area contributed by atoms with Crippen molar-refractivity contribution in [1.82, 2.24) is 15.1 Å². The Kier molecular flexibility index (Phi) is 3.56. The highest BCUT2D eigenvalue weighted by atomic mass is 16.4. The van der Waals surface area contributed by atoms with Gasteiger partial charge in [-0.05, 0) is 13.0 Å². The van der Waals surface area contributed by atoms with Crippen molar-refractivity contribution in [2.45, 2.75) is 13.3 Å². The molecule has 1 aliphatic heterocycles. The van der Waals surface area contributed by atoms with E-state index in [1.807, 2.05) is 0 Å². The second-order valence-electron chi connectivity index (χ2n) is 4.23. The average Bonchev–Trinajstić information content (AvgIpc) is 2.88. The molecule has 8 heteroatoms. The average molecular weight is 254 g/mol. The van der Waals surface area contributed by atoms with Crippen LogP contribution in [0.3, 0.4) is 0 Å². The molecule has 8 nitrogen and oxygen atoms in total. The van der Waals surface area contributed by atoms with Crippen LogP contribution in [0.15, 0.2) is 4.42 Å². The number of aromatic nitrogens is 2. The van der Waals surface area contributed by atoms with Gasteiger partial charge in [0.2, 0.25) is 11.8 Å². The maximum atomic E-state index is 11.6. The van der Waals surface area contributed by atoms with Crippen molar-refractivity contribution in [3.8, 4) is 0 Å². The molecule has 1 atom stereocenters. The van der Waals surface area contributed by atoms with Gasteiger partial charge in [0.1, 0.15) is 0 Å². The molecule has 98 valence electrons. The number of amides is 1. The summed E-state index contributed by atoms with van der Waals surface area (Å²) >= 11 is 0. The molecule has 1 aromatic rings. The zero-order valence-corrected chi connectivity index (χ0v) is 9.92. The van der Waals surface area contributed by atoms with Gasteiger partial charge in [0.05, 0.1) is 12.5 Å². The lowest BCUT2D eigenvalue weighted by molar-refractivity contribution is -0.141. The van der Waals surface area contributed by atoms with E-state index in [4.69, 9.17) is 9.52 Å². The molecule has 0 spiro atoms. The first-order valence-corrected chi connectivity index (χ1v) is 5.59. The second kappa shape index (κ2) is 5.13. The van der Waals surface area contributed by atoms with E-state index in [9.17, 15) is 9.59 Å². The summed E-state index contributed by atoms with van der Waals surface area (Å²) in [4.78, 5) is 24.2. The first-order valence-electron chi connectivity index (χ1n) is 5.59. The van der Waals surface area contributed by atoms with E-state index in [1.165, 1.54) is 0 Å². The minimum absolute atomic E-state index is 0.0616. The SMILES string of the molecule is Cc1nnc(NC(=O)CN2CCC(C(=O)O)C2)o1. The number of hydrogen-bond donors (Lipinski definition) is 2. The first-order chi connectivity index (χ1) is 8.54. The van der Waals surface area contributed by atoms with Crippen LogP contribution in [0, 0.1) is 12.8 Å². The molecule has 2 heterocycles. The molecule has 1 fully saturated rings. The molecule has 1 aliphatic rings. The minimum atomic E-state index is -0.814. The van der Waals surface area contributed by atoms with Gasteiger partial charge in [-0.15, -0.1) is 5.10 Å². The lowest BCUT2D eigenvalue weighted by Crippen LogP contribution is -2.32. The molecule has 0 saturated carbocycles. The molecule has 0 bridgehead atoms. The Labute approximate surface area is 103 Å². The summed E-state index contributed by atoms with van der Waals surface area (Å²) in [5.41, 5.74) is 0. The number of carbonyl (C=O) groups is 2. The molecule has 2 rings (SSSR count). The van der Waals surface area contributed by atoms with Gasteiger partial charge in [-0.25, -0.2) is 0 Å². The summed E-state index contributed by atoms with van der Waals surface area (Å²) in [7, 11) is 0. The molecule has 1 amide bonds. The molecule has 0 radical (unpaired) electrons. The number of anilines is 1. The van der Waals surface area contributed by atoms with Crippen LogP contribution in [-0.4, -0.2) is 51.7 Å².